The number of esters is 2. The highest BCUT2D eigenvalue weighted by molar-refractivity contribution is 5.81. The second-order valence-corrected chi connectivity index (χ2v) is 3.43. The molecule has 0 aliphatic carbocycles. The average Bonchev–Trinajstić information content (AvgIpc) is 2.39. The molecular formula is C14H24O4. The van der Waals surface area contributed by atoms with Gasteiger partial charge in [0.05, 0.1) is 14.2 Å². The van der Waals surface area contributed by atoms with Gasteiger partial charge in [0.1, 0.15) is 0 Å². The molecule has 0 rings (SSSR count). The molecule has 0 radical (unpaired) electrons. The van der Waals surface area contributed by atoms with E-state index in [-0.39, 0.29) is 11.9 Å². The summed E-state index contributed by atoms with van der Waals surface area (Å²) in [6.45, 7) is 4.11. The van der Waals surface area contributed by atoms with E-state index < -0.39 is 0 Å². The highest BCUT2D eigenvalue weighted by atomic mass is 16.5. The standard InChI is InChI=1S/2C7H12O2/c2*1-3-4-5-6-7(8)9-2/h2*5-6H,3-4H2,1-2H3/b6-5+;6-5-. The van der Waals surface area contributed by atoms with Gasteiger partial charge >= 0.3 is 11.9 Å². The zero-order valence-electron chi connectivity index (χ0n) is 11.8. The lowest BCUT2D eigenvalue weighted by atomic mass is 10.3. The van der Waals surface area contributed by atoms with Crippen LogP contribution < -0.4 is 0 Å². The third-order valence-electron chi connectivity index (χ3n) is 1.82. The van der Waals surface area contributed by atoms with E-state index in [1.165, 1.54) is 26.4 Å². The first-order valence-electron chi connectivity index (χ1n) is 6.11. The van der Waals surface area contributed by atoms with Crippen molar-refractivity contribution in [1.29, 1.82) is 0 Å². The third-order valence-corrected chi connectivity index (χ3v) is 1.82. The molecule has 0 saturated heterocycles. The Hall–Kier alpha value is -1.58. The lowest BCUT2D eigenvalue weighted by Crippen LogP contribution is -1.92. The van der Waals surface area contributed by atoms with Crippen LogP contribution in [0.2, 0.25) is 0 Å². The topological polar surface area (TPSA) is 52.6 Å². The first-order valence-corrected chi connectivity index (χ1v) is 6.11. The van der Waals surface area contributed by atoms with Crippen LogP contribution >= 0.6 is 0 Å². The van der Waals surface area contributed by atoms with Crippen molar-refractivity contribution in [2.75, 3.05) is 14.2 Å². The van der Waals surface area contributed by atoms with Crippen LogP contribution in [0.3, 0.4) is 0 Å². The van der Waals surface area contributed by atoms with Gasteiger partial charge in [-0.2, -0.15) is 0 Å². The van der Waals surface area contributed by atoms with Gasteiger partial charge in [-0.05, 0) is 12.8 Å². The number of ether oxygens (including phenoxy) is 2. The maximum atomic E-state index is 10.4. The molecule has 0 aliphatic rings. The molecule has 0 amide bonds. The Bertz CT molecular complexity index is 239. The number of rotatable bonds is 6. The monoisotopic (exact) mass is 256 g/mol. The summed E-state index contributed by atoms with van der Waals surface area (Å²) in [7, 11) is 2.75. The zero-order valence-corrected chi connectivity index (χ0v) is 11.8. The van der Waals surface area contributed by atoms with Gasteiger partial charge in [-0.25, -0.2) is 9.59 Å². The van der Waals surface area contributed by atoms with Crippen LogP contribution in [0.4, 0.5) is 0 Å². The van der Waals surface area contributed by atoms with E-state index in [0.29, 0.717) is 0 Å². The number of methoxy groups -OCH3 is 2. The molecule has 0 fully saturated rings. The van der Waals surface area contributed by atoms with Crippen LogP contribution in [-0.2, 0) is 19.1 Å². The van der Waals surface area contributed by atoms with Gasteiger partial charge in [0.2, 0.25) is 0 Å². The summed E-state index contributed by atoms with van der Waals surface area (Å²) in [5, 5.41) is 0. The molecule has 0 unspecified atom stereocenters. The minimum atomic E-state index is -0.275. The lowest BCUT2D eigenvalue weighted by Gasteiger charge is -1.87. The van der Waals surface area contributed by atoms with Crippen LogP contribution in [0.1, 0.15) is 39.5 Å². The number of carbonyl (C=O) groups is 2. The predicted molar refractivity (Wildman–Crippen MR) is 72.1 cm³/mol. The maximum absolute atomic E-state index is 10.4. The molecule has 0 aromatic heterocycles. The van der Waals surface area contributed by atoms with E-state index in [1.807, 2.05) is 12.2 Å². The summed E-state index contributed by atoms with van der Waals surface area (Å²) in [6.07, 6.45) is 10.5. The summed E-state index contributed by atoms with van der Waals surface area (Å²) in [6, 6.07) is 0. The number of hydrogen-bond donors (Lipinski definition) is 0. The summed E-state index contributed by atoms with van der Waals surface area (Å²) in [5.74, 6) is -0.549. The van der Waals surface area contributed by atoms with Crippen molar-refractivity contribution < 1.29 is 19.1 Å². The molecule has 0 N–H and O–H groups in total. The SMILES string of the molecule is CCC/C=C/C(=O)OC.CCC/C=C\C(=O)OC. The smallest absolute Gasteiger partial charge is 0.330 e. The van der Waals surface area contributed by atoms with E-state index in [4.69, 9.17) is 0 Å². The van der Waals surface area contributed by atoms with Crippen molar-refractivity contribution in [2.24, 2.45) is 0 Å². The van der Waals surface area contributed by atoms with Gasteiger partial charge in [-0.3, -0.25) is 0 Å². The lowest BCUT2D eigenvalue weighted by molar-refractivity contribution is -0.135. The molecule has 104 valence electrons. The molecule has 0 aromatic rings. The molecule has 0 saturated carbocycles. The molecule has 0 aromatic carbocycles. The second-order valence-electron chi connectivity index (χ2n) is 3.43. The van der Waals surface area contributed by atoms with Crippen LogP contribution in [-0.4, -0.2) is 26.2 Å². The summed E-state index contributed by atoms with van der Waals surface area (Å²) in [5.41, 5.74) is 0. The van der Waals surface area contributed by atoms with Gasteiger partial charge in [0.25, 0.3) is 0 Å². The minimum Gasteiger partial charge on any atom is -0.466 e. The number of allylic oxidation sites excluding steroid dienone is 2. The normalized spacial score (nSPS) is 10.0. The Morgan fingerprint density at radius 1 is 0.833 bits per heavy atom. The van der Waals surface area contributed by atoms with Crippen molar-refractivity contribution in [2.45, 2.75) is 39.5 Å². The van der Waals surface area contributed by atoms with Crippen LogP contribution in [0, 0.1) is 0 Å². The van der Waals surface area contributed by atoms with E-state index in [2.05, 4.69) is 23.3 Å². The van der Waals surface area contributed by atoms with Crippen molar-refractivity contribution in [3.8, 4) is 0 Å². The molecule has 4 nitrogen and oxygen atoms in total. The Labute approximate surface area is 110 Å². The molecule has 0 spiro atoms. The molecule has 18 heavy (non-hydrogen) atoms. The van der Waals surface area contributed by atoms with Crippen molar-refractivity contribution >= 4 is 11.9 Å². The zero-order chi connectivity index (χ0) is 14.2. The first-order chi connectivity index (χ1) is 8.62. The highest BCUT2D eigenvalue weighted by Gasteiger charge is 1.87. The van der Waals surface area contributed by atoms with E-state index in [0.717, 1.165) is 25.7 Å². The fourth-order valence-corrected chi connectivity index (χ4v) is 0.829. The van der Waals surface area contributed by atoms with Gasteiger partial charge in [0.15, 0.2) is 0 Å². The van der Waals surface area contributed by atoms with Gasteiger partial charge in [-0.15, -0.1) is 0 Å². The van der Waals surface area contributed by atoms with Gasteiger partial charge < -0.3 is 9.47 Å². The number of unbranched alkanes of at least 4 members (excludes halogenated alkanes) is 2. The Morgan fingerprint density at radius 3 is 1.39 bits per heavy atom. The van der Waals surface area contributed by atoms with E-state index >= 15 is 0 Å². The van der Waals surface area contributed by atoms with Crippen LogP contribution in [0.15, 0.2) is 24.3 Å². The third kappa shape index (κ3) is 16.8. The van der Waals surface area contributed by atoms with E-state index in [9.17, 15) is 9.59 Å². The Kier molecular flexibility index (Phi) is 16.1. The Balaban J connectivity index is 0. The summed E-state index contributed by atoms with van der Waals surface area (Å²) in [4.78, 5) is 20.8. The largest absolute Gasteiger partial charge is 0.466 e. The molecule has 0 heterocycles. The number of hydrogen-bond acceptors (Lipinski definition) is 4. The van der Waals surface area contributed by atoms with Crippen molar-refractivity contribution in [3.05, 3.63) is 24.3 Å². The fraction of sp³-hybridized carbons (Fsp3) is 0.571. The highest BCUT2D eigenvalue weighted by Crippen LogP contribution is 1.89. The molecular weight excluding hydrogens is 232 g/mol. The molecule has 0 bridgehead atoms. The quantitative estimate of drug-likeness (QED) is 0.541. The fourth-order valence-electron chi connectivity index (χ4n) is 0.829. The van der Waals surface area contributed by atoms with Gasteiger partial charge in [-0.1, -0.05) is 38.8 Å². The van der Waals surface area contributed by atoms with E-state index in [1.54, 1.807) is 0 Å². The molecule has 4 heteroatoms. The molecule has 0 atom stereocenters. The van der Waals surface area contributed by atoms with Crippen LogP contribution in [0.5, 0.6) is 0 Å². The maximum Gasteiger partial charge on any atom is 0.330 e. The number of carbonyl (C=O) groups excluding carboxylic acids is 2. The van der Waals surface area contributed by atoms with Crippen molar-refractivity contribution in [3.63, 3.8) is 0 Å². The Morgan fingerprint density at radius 2 is 1.17 bits per heavy atom. The van der Waals surface area contributed by atoms with Crippen LogP contribution in [0.25, 0.3) is 0 Å². The van der Waals surface area contributed by atoms with Gasteiger partial charge in [0, 0.05) is 12.2 Å². The predicted octanol–water partition coefficient (Wildman–Crippen LogP) is 3.03. The second kappa shape index (κ2) is 15.4. The first kappa shape index (κ1) is 18.8. The molecule has 0 aliphatic heterocycles. The summed E-state index contributed by atoms with van der Waals surface area (Å²) < 4.78 is 8.74. The minimum absolute atomic E-state index is 0.275. The average molecular weight is 256 g/mol. The van der Waals surface area contributed by atoms with Crippen molar-refractivity contribution in [1.82, 2.24) is 0 Å². The summed E-state index contributed by atoms with van der Waals surface area (Å²) >= 11 is 0.